The van der Waals surface area contributed by atoms with Crippen molar-refractivity contribution >= 4 is 0 Å². The van der Waals surface area contributed by atoms with E-state index in [0.29, 0.717) is 6.04 Å². The molecule has 1 heterocycles. The summed E-state index contributed by atoms with van der Waals surface area (Å²) in [6, 6.07) is 4.70. The first-order valence-corrected chi connectivity index (χ1v) is 6.56. The predicted octanol–water partition coefficient (Wildman–Crippen LogP) is 2.85. The zero-order valence-electron chi connectivity index (χ0n) is 9.99. The van der Waals surface area contributed by atoms with Crippen LogP contribution in [0.2, 0.25) is 0 Å². The molecule has 4 atom stereocenters. The van der Waals surface area contributed by atoms with Crippen molar-refractivity contribution in [3.63, 3.8) is 0 Å². The minimum atomic E-state index is 0.612. The van der Waals surface area contributed by atoms with Crippen molar-refractivity contribution in [2.45, 2.75) is 38.1 Å². The van der Waals surface area contributed by atoms with Gasteiger partial charge in [-0.15, -0.1) is 0 Å². The number of likely N-dealkylation sites (N-methyl/N-ethyl adjacent to an activating group) is 1. The molecule has 3 rings (SSSR count). The second kappa shape index (κ2) is 4.25. The lowest BCUT2D eigenvalue weighted by Gasteiger charge is -2.29. The molecular weight excluding hydrogens is 198 g/mol. The van der Waals surface area contributed by atoms with Crippen LogP contribution in [0.15, 0.2) is 22.8 Å². The Morgan fingerprint density at radius 3 is 2.94 bits per heavy atom. The molecule has 0 aromatic carbocycles. The van der Waals surface area contributed by atoms with Gasteiger partial charge in [-0.3, -0.25) is 0 Å². The SMILES string of the molecule is CNC(Cc1ccco1)C1CC2CCC1C2. The molecule has 1 aromatic heterocycles. The van der Waals surface area contributed by atoms with Gasteiger partial charge in [0.05, 0.1) is 6.26 Å². The third kappa shape index (κ3) is 1.80. The molecule has 0 radical (unpaired) electrons. The van der Waals surface area contributed by atoms with E-state index >= 15 is 0 Å². The van der Waals surface area contributed by atoms with Gasteiger partial charge in [0.2, 0.25) is 0 Å². The van der Waals surface area contributed by atoms with Crippen molar-refractivity contribution in [3.05, 3.63) is 24.2 Å². The average Bonchev–Trinajstić information content (AvgIpc) is 3.02. The van der Waals surface area contributed by atoms with Crippen LogP contribution in [-0.2, 0) is 6.42 Å². The first-order valence-electron chi connectivity index (χ1n) is 6.56. The molecular formula is C14H21NO. The third-order valence-corrected chi connectivity index (χ3v) is 4.68. The number of hydrogen-bond donors (Lipinski definition) is 1. The van der Waals surface area contributed by atoms with Crippen LogP contribution in [0, 0.1) is 17.8 Å². The topological polar surface area (TPSA) is 25.2 Å². The molecule has 88 valence electrons. The summed E-state index contributed by atoms with van der Waals surface area (Å²) >= 11 is 0. The maximum Gasteiger partial charge on any atom is 0.105 e. The highest BCUT2D eigenvalue weighted by Crippen LogP contribution is 2.49. The number of hydrogen-bond acceptors (Lipinski definition) is 2. The molecule has 2 aliphatic carbocycles. The van der Waals surface area contributed by atoms with E-state index in [1.54, 1.807) is 6.26 Å². The van der Waals surface area contributed by atoms with E-state index in [1.165, 1.54) is 25.7 Å². The predicted molar refractivity (Wildman–Crippen MR) is 64.2 cm³/mol. The van der Waals surface area contributed by atoms with Crippen molar-refractivity contribution in [1.29, 1.82) is 0 Å². The van der Waals surface area contributed by atoms with Gasteiger partial charge in [0, 0.05) is 12.5 Å². The molecule has 2 saturated carbocycles. The lowest BCUT2D eigenvalue weighted by atomic mass is 9.82. The van der Waals surface area contributed by atoms with E-state index in [9.17, 15) is 0 Å². The van der Waals surface area contributed by atoms with E-state index in [-0.39, 0.29) is 0 Å². The van der Waals surface area contributed by atoms with Gasteiger partial charge in [-0.05, 0) is 56.2 Å². The summed E-state index contributed by atoms with van der Waals surface area (Å²) in [5.41, 5.74) is 0. The first-order chi connectivity index (χ1) is 7.86. The highest BCUT2D eigenvalue weighted by molar-refractivity contribution is 5.04. The standard InChI is InChI=1S/C14H21NO/c1-15-14(9-12-3-2-6-16-12)13-8-10-4-5-11(13)7-10/h2-3,6,10-11,13-15H,4-5,7-9H2,1H3. The Labute approximate surface area is 97.4 Å². The second-order valence-electron chi connectivity index (χ2n) is 5.52. The maximum absolute atomic E-state index is 5.47. The minimum Gasteiger partial charge on any atom is -0.469 e. The van der Waals surface area contributed by atoms with Gasteiger partial charge in [0.25, 0.3) is 0 Å². The molecule has 1 aromatic rings. The number of rotatable bonds is 4. The summed E-state index contributed by atoms with van der Waals surface area (Å²) in [6.45, 7) is 0. The fourth-order valence-electron chi connectivity index (χ4n) is 3.90. The van der Waals surface area contributed by atoms with E-state index in [1.807, 2.05) is 6.07 Å². The number of furan rings is 1. The van der Waals surface area contributed by atoms with E-state index < -0.39 is 0 Å². The molecule has 0 spiro atoms. The van der Waals surface area contributed by atoms with Crippen molar-refractivity contribution in [2.75, 3.05) is 7.05 Å². The van der Waals surface area contributed by atoms with Crippen LogP contribution in [0.1, 0.15) is 31.4 Å². The molecule has 2 bridgehead atoms. The van der Waals surface area contributed by atoms with Crippen LogP contribution in [-0.4, -0.2) is 13.1 Å². The van der Waals surface area contributed by atoms with Gasteiger partial charge in [-0.25, -0.2) is 0 Å². The Morgan fingerprint density at radius 2 is 2.38 bits per heavy atom. The van der Waals surface area contributed by atoms with E-state index in [2.05, 4.69) is 18.4 Å². The monoisotopic (exact) mass is 219 g/mol. The van der Waals surface area contributed by atoms with Gasteiger partial charge >= 0.3 is 0 Å². The summed E-state index contributed by atoms with van der Waals surface area (Å²) in [7, 11) is 2.10. The maximum atomic E-state index is 5.47. The van der Waals surface area contributed by atoms with Crippen LogP contribution >= 0.6 is 0 Å². The van der Waals surface area contributed by atoms with Gasteiger partial charge < -0.3 is 9.73 Å². The molecule has 2 heteroatoms. The molecule has 0 saturated heterocycles. The summed E-state index contributed by atoms with van der Waals surface area (Å²) in [5, 5.41) is 3.51. The zero-order valence-corrected chi connectivity index (χ0v) is 9.99. The Bertz CT molecular complexity index is 333. The zero-order chi connectivity index (χ0) is 11.0. The molecule has 0 aliphatic heterocycles. The average molecular weight is 219 g/mol. The van der Waals surface area contributed by atoms with E-state index in [4.69, 9.17) is 4.42 Å². The van der Waals surface area contributed by atoms with E-state index in [0.717, 1.165) is 29.9 Å². The lowest BCUT2D eigenvalue weighted by molar-refractivity contribution is 0.248. The molecule has 0 amide bonds. The molecule has 16 heavy (non-hydrogen) atoms. The van der Waals surface area contributed by atoms with Crippen LogP contribution in [0.25, 0.3) is 0 Å². The summed E-state index contributed by atoms with van der Waals surface area (Å²) in [6.07, 6.45) is 8.71. The number of fused-ring (bicyclic) bond motifs is 2. The summed E-state index contributed by atoms with van der Waals surface area (Å²) < 4.78 is 5.47. The van der Waals surface area contributed by atoms with Gasteiger partial charge in [-0.2, -0.15) is 0 Å². The molecule has 1 N–H and O–H groups in total. The smallest absolute Gasteiger partial charge is 0.105 e. The second-order valence-corrected chi connectivity index (χ2v) is 5.52. The van der Waals surface area contributed by atoms with Crippen molar-refractivity contribution in [3.8, 4) is 0 Å². The summed E-state index contributed by atoms with van der Waals surface area (Å²) in [4.78, 5) is 0. The third-order valence-electron chi connectivity index (χ3n) is 4.68. The molecule has 2 aliphatic rings. The molecule has 2 fully saturated rings. The Hall–Kier alpha value is -0.760. The van der Waals surface area contributed by atoms with Crippen molar-refractivity contribution in [2.24, 2.45) is 17.8 Å². The minimum absolute atomic E-state index is 0.612. The number of nitrogens with one attached hydrogen (secondary N) is 1. The van der Waals surface area contributed by atoms with Gasteiger partial charge in [0.15, 0.2) is 0 Å². The van der Waals surface area contributed by atoms with Gasteiger partial charge in [0.1, 0.15) is 5.76 Å². The largest absolute Gasteiger partial charge is 0.469 e. The van der Waals surface area contributed by atoms with Crippen LogP contribution < -0.4 is 5.32 Å². The normalized spacial score (nSPS) is 34.4. The molecule has 2 nitrogen and oxygen atoms in total. The van der Waals surface area contributed by atoms with Crippen LogP contribution in [0.4, 0.5) is 0 Å². The van der Waals surface area contributed by atoms with Crippen LogP contribution in [0.5, 0.6) is 0 Å². The fourth-order valence-corrected chi connectivity index (χ4v) is 3.90. The highest BCUT2D eigenvalue weighted by atomic mass is 16.3. The summed E-state index contributed by atoms with van der Waals surface area (Å²) in [5.74, 6) is 4.02. The van der Waals surface area contributed by atoms with Crippen molar-refractivity contribution < 1.29 is 4.42 Å². The van der Waals surface area contributed by atoms with Gasteiger partial charge in [-0.1, -0.05) is 6.42 Å². The fraction of sp³-hybridized carbons (Fsp3) is 0.714. The Kier molecular flexibility index (Phi) is 2.76. The van der Waals surface area contributed by atoms with Crippen LogP contribution in [0.3, 0.4) is 0 Å². The quantitative estimate of drug-likeness (QED) is 0.842. The van der Waals surface area contributed by atoms with Crippen molar-refractivity contribution in [1.82, 2.24) is 5.32 Å². The molecule has 4 unspecified atom stereocenters. The lowest BCUT2D eigenvalue weighted by Crippen LogP contribution is -2.38. The Morgan fingerprint density at radius 1 is 1.44 bits per heavy atom. The Balaban J connectivity index is 1.67. The highest BCUT2D eigenvalue weighted by Gasteiger charge is 2.42. The first kappa shape index (κ1) is 10.4.